The molecule has 0 aromatic carbocycles. The summed E-state index contributed by atoms with van der Waals surface area (Å²) in [6.45, 7) is 2.13. The third-order valence-electron chi connectivity index (χ3n) is 1.57. The van der Waals surface area contributed by atoms with Gasteiger partial charge < -0.3 is 9.47 Å². The normalized spacial score (nSPS) is 11.9. The molecule has 0 rings (SSSR count). The van der Waals surface area contributed by atoms with Gasteiger partial charge in [-0.1, -0.05) is 13.3 Å². The quantitative estimate of drug-likeness (QED) is 0.421. The van der Waals surface area contributed by atoms with Crippen LogP contribution in [0.1, 0.15) is 19.8 Å². The molecule has 9 heavy (non-hydrogen) atoms. The molecular weight excluding hydrogens is 131 g/mol. The van der Waals surface area contributed by atoms with Crippen molar-refractivity contribution in [1.82, 2.24) is 0 Å². The molecular formula is C6H15AlO2. The molecule has 0 bridgehead atoms. The Morgan fingerprint density at radius 2 is 1.78 bits per heavy atom. The summed E-state index contributed by atoms with van der Waals surface area (Å²) in [6, 6.07) is 0. The molecule has 0 N–H and O–H groups in total. The lowest BCUT2D eigenvalue weighted by atomic mass is 10.3. The van der Waals surface area contributed by atoms with Gasteiger partial charge >= 0.3 is 16.3 Å². The molecule has 0 aliphatic rings. The van der Waals surface area contributed by atoms with Crippen molar-refractivity contribution in [3.8, 4) is 0 Å². The lowest BCUT2D eigenvalue weighted by molar-refractivity contribution is -0.145. The third-order valence-corrected chi connectivity index (χ3v) is 2.88. The minimum Gasteiger partial charge on any atom is -0.369 e. The van der Waals surface area contributed by atoms with Gasteiger partial charge in [-0.15, -0.1) is 0 Å². The molecule has 0 saturated heterocycles. The average molecular weight is 146 g/mol. The van der Waals surface area contributed by atoms with Crippen LogP contribution in [0.2, 0.25) is 0 Å². The van der Waals surface area contributed by atoms with Crippen molar-refractivity contribution in [3.63, 3.8) is 0 Å². The Kier molecular flexibility index (Phi) is 4.51. The molecule has 0 aromatic heterocycles. The molecule has 0 aliphatic carbocycles. The van der Waals surface area contributed by atoms with Crippen molar-refractivity contribution in [1.29, 1.82) is 0 Å². The number of rotatable bonds is 4. The van der Waals surface area contributed by atoms with Crippen LogP contribution in [0.5, 0.6) is 0 Å². The zero-order chi connectivity index (χ0) is 7.33. The molecule has 0 aromatic rings. The van der Waals surface area contributed by atoms with Gasteiger partial charge in [-0.2, -0.15) is 0 Å². The SMILES string of the molecule is CCC[C]([AlH2])(OC)OC. The van der Waals surface area contributed by atoms with Gasteiger partial charge in [0.25, 0.3) is 0 Å². The lowest BCUT2D eigenvalue weighted by Crippen LogP contribution is -2.33. The van der Waals surface area contributed by atoms with Crippen molar-refractivity contribution in [3.05, 3.63) is 0 Å². The summed E-state index contributed by atoms with van der Waals surface area (Å²) in [4.78, 5) is 0. The molecule has 0 atom stereocenters. The van der Waals surface area contributed by atoms with Gasteiger partial charge in [-0.3, -0.25) is 0 Å². The second-order valence-corrected chi connectivity index (χ2v) is 3.82. The Hall–Kier alpha value is 0.452. The zero-order valence-corrected chi connectivity index (χ0v) is 8.73. The molecule has 54 valence electrons. The van der Waals surface area contributed by atoms with Crippen LogP contribution >= 0.6 is 0 Å². The standard InChI is InChI=1S/C6H13O2.Al.2H/c1-4-5-6(7-2)8-3;;;/h4-5H2,1-3H3;;;. The Morgan fingerprint density at radius 3 is 1.89 bits per heavy atom. The summed E-state index contributed by atoms with van der Waals surface area (Å²) < 4.78 is 10.1. The van der Waals surface area contributed by atoms with E-state index in [4.69, 9.17) is 9.47 Å². The summed E-state index contributed by atoms with van der Waals surface area (Å²) in [5.74, 6) is 0. The largest absolute Gasteiger partial charge is 0.369 e. The first kappa shape index (κ1) is 9.45. The van der Waals surface area contributed by atoms with E-state index >= 15 is 0 Å². The van der Waals surface area contributed by atoms with E-state index in [0.717, 1.165) is 29.1 Å². The smallest absolute Gasteiger partial charge is 0.308 e. The molecule has 0 unspecified atom stereocenters. The summed E-state index contributed by atoms with van der Waals surface area (Å²) >= 11 is 0.935. The van der Waals surface area contributed by atoms with Crippen molar-refractivity contribution < 1.29 is 9.47 Å². The van der Waals surface area contributed by atoms with E-state index < -0.39 is 0 Å². The van der Waals surface area contributed by atoms with E-state index in [0.29, 0.717) is 0 Å². The van der Waals surface area contributed by atoms with Crippen LogP contribution in [0.15, 0.2) is 0 Å². The van der Waals surface area contributed by atoms with Gasteiger partial charge in [0.05, 0.1) is 4.65 Å². The molecule has 2 nitrogen and oxygen atoms in total. The second-order valence-electron chi connectivity index (χ2n) is 2.29. The molecule has 0 radical (unpaired) electrons. The van der Waals surface area contributed by atoms with Gasteiger partial charge in [-0.05, 0) is 6.42 Å². The predicted molar refractivity (Wildman–Crippen MR) is 40.2 cm³/mol. The highest BCUT2D eigenvalue weighted by Gasteiger charge is 2.19. The average Bonchev–Trinajstić information content (AvgIpc) is 1.89. The molecule has 3 heteroatoms. The van der Waals surface area contributed by atoms with Crippen LogP contribution in [0.25, 0.3) is 0 Å². The molecule has 0 spiro atoms. The minimum atomic E-state index is -0.227. The highest BCUT2D eigenvalue weighted by Crippen LogP contribution is 2.12. The van der Waals surface area contributed by atoms with E-state index in [1.54, 1.807) is 14.2 Å². The fourth-order valence-corrected chi connectivity index (χ4v) is 1.24. The summed E-state index contributed by atoms with van der Waals surface area (Å²) in [5.41, 5.74) is 0. The van der Waals surface area contributed by atoms with Crippen LogP contribution in [-0.4, -0.2) is 35.2 Å². The van der Waals surface area contributed by atoms with Crippen LogP contribution in [0.3, 0.4) is 0 Å². The summed E-state index contributed by atoms with van der Waals surface area (Å²) in [7, 11) is 3.40. The van der Waals surface area contributed by atoms with Crippen molar-refractivity contribution in [2.45, 2.75) is 24.4 Å². The van der Waals surface area contributed by atoms with Gasteiger partial charge in [0.15, 0.2) is 0 Å². The molecule has 0 fully saturated rings. The maximum atomic E-state index is 5.17. The molecule has 0 saturated carbocycles. The Labute approximate surface area is 65.0 Å². The van der Waals surface area contributed by atoms with Crippen molar-refractivity contribution in [2.24, 2.45) is 0 Å². The molecule has 0 heterocycles. The van der Waals surface area contributed by atoms with Crippen molar-refractivity contribution >= 4 is 16.3 Å². The van der Waals surface area contributed by atoms with E-state index in [2.05, 4.69) is 6.92 Å². The van der Waals surface area contributed by atoms with Gasteiger partial charge in [0.2, 0.25) is 0 Å². The van der Waals surface area contributed by atoms with Crippen LogP contribution < -0.4 is 0 Å². The summed E-state index contributed by atoms with van der Waals surface area (Å²) in [5, 5.41) is 0. The Balaban J connectivity index is 3.62. The van der Waals surface area contributed by atoms with Gasteiger partial charge in [0, 0.05) is 14.2 Å². The minimum absolute atomic E-state index is 0.227. The predicted octanol–water partition coefficient (Wildman–Crippen LogP) is 0.366. The summed E-state index contributed by atoms with van der Waals surface area (Å²) in [6.07, 6.45) is 2.12. The Morgan fingerprint density at radius 1 is 1.33 bits per heavy atom. The fraction of sp³-hybridized carbons (Fsp3) is 1.00. The zero-order valence-electron chi connectivity index (χ0n) is 6.73. The van der Waals surface area contributed by atoms with Crippen LogP contribution in [0.4, 0.5) is 0 Å². The van der Waals surface area contributed by atoms with Crippen molar-refractivity contribution in [2.75, 3.05) is 14.2 Å². The van der Waals surface area contributed by atoms with Crippen LogP contribution in [-0.2, 0) is 9.47 Å². The number of hydrogen-bond donors (Lipinski definition) is 0. The highest BCUT2D eigenvalue weighted by atomic mass is 27.0. The topological polar surface area (TPSA) is 18.5 Å². The highest BCUT2D eigenvalue weighted by molar-refractivity contribution is 6.13. The number of hydrogen-bond acceptors (Lipinski definition) is 2. The maximum absolute atomic E-state index is 5.17. The second kappa shape index (κ2) is 4.30. The lowest BCUT2D eigenvalue weighted by Gasteiger charge is -2.26. The van der Waals surface area contributed by atoms with Gasteiger partial charge in [-0.25, -0.2) is 0 Å². The number of ether oxygens (including phenoxy) is 2. The molecule has 0 amide bonds. The monoisotopic (exact) mass is 146 g/mol. The van der Waals surface area contributed by atoms with E-state index in [9.17, 15) is 0 Å². The van der Waals surface area contributed by atoms with E-state index in [1.807, 2.05) is 0 Å². The first-order valence-electron chi connectivity index (χ1n) is 3.29. The number of methoxy groups -OCH3 is 2. The first-order chi connectivity index (χ1) is 4.18. The fourth-order valence-electron chi connectivity index (χ4n) is 0.742. The van der Waals surface area contributed by atoms with E-state index in [-0.39, 0.29) is 4.65 Å². The molecule has 0 aliphatic heterocycles. The Bertz CT molecular complexity index is 71.5. The van der Waals surface area contributed by atoms with Crippen LogP contribution in [0, 0.1) is 0 Å². The van der Waals surface area contributed by atoms with Gasteiger partial charge in [0.1, 0.15) is 0 Å². The maximum Gasteiger partial charge on any atom is 0.308 e. The van der Waals surface area contributed by atoms with E-state index in [1.165, 1.54) is 0 Å². The third kappa shape index (κ3) is 3.22. The first-order valence-corrected chi connectivity index (χ1v) is 4.29.